The molecule has 5 nitrogen and oxygen atoms in total. The van der Waals surface area contributed by atoms with E-state index in [0.717, 1.165) is 16.8 Å². The highest BCUT2D eigenvalue weighted by Gasteiger charge is 2.11. The van der Waals surface area contributed by atoms with Crippen molar-refractivity contribution in [3.8, 4) is 0 Å². The van der Waals surface area contributed by atoms with Crippen molar-refractivity contribution in [2.75, 3.05) is 5.32 Å². The molecule has 2 rings (SSSR count). The van der Waals surface area contributed by atoms with Gasteiger partial charge in [0.15, 0.2) is 0 Å². The maximum atomic E-state index is 12.2. The van der Waals surface area contributed by atoms with Crippen LogP contribution < -0.4 is 10.7 Å². The molecule has 0 aliphatic rings. The lowest BCUT2D eigenvalue weighted by Gasteiger charge is -2.10. The Morgan fingerprint density at radius 1 is 1.12 bits per heavy atom. The molecule has 0 spiro atoms. The first kappa shape index (κ1) is 19.9. The van der Waals surface area contributed by atoms with E-state index >= 15 is 0 Å². The second-order valence-corrected chi connectivity index (χ2v) is 6.73. The van der Waals surface area contributed by atoms with Crippen LogP contribution in [0.2, 0.25) is 10.0 Å². The van der Waals surface area contributed by atoms with Crippen LogP contribution in [0.3, 0.4) is 0 Å². The predicted molar refractivity (Wildman–Crippen MR) is 106 cm³/mol. The highest BCUT2D eigenvalue weighted by Crippen LogP contribution is 2.21. The number of benzene rings is 2. The van der Waals surface area contributed by atoms with Crippen molar-refractivity contribution in [3.05, 3.63) is 63.1 Å². The van der Waals surface area contributed by atoms with Gasteiger partial charge in [-0.3, -0.25) is 9.59 Å². The molecule has 0 bridgehead atoms. The van der Waals surface area contributed by atoms with Gasteiger partial charge >= 0.3 is 0 Å². The molecule has 2 amide bonds. The summed E-state index contributed by atoms with van der Waals surface area (Å²) < 4.78 is 0. The predicted octanol–water partition coefficient (Wildman–Crippen LogP) is 4.74. The summed E-state index contributed by atoms with van der Waals surface area (Å²) >= 11 is 11.8. The summed E-state index contributed by atoms with van der Waals surface area (Å²) in [5.41, 5.74) is 5.99. The summed E-state index contributed by atoms with van der Waals surface area (Å²) in [6.07, 6.45) is 0.0576. The van der Waals surface area contributed by atoms with E-state index < -0.39 is 5.91 Å². The van der Waals surface area contributed by atoms with Crippen molar-refractivity contribution in [3.63, 3.8) is 0 Å². The Morgan fingerprint density at radius 2 is 1.85 bits per heavy atom. The maximum absolute atomic E-state index is 12.2. The van der Waals surface area contributed by atoms with Crippen molar-refractivity contribution in [2.24, 2.45) is 5.10 Å². The molecule has 7 heteroatoms. The molecule has 0 atom stereocenters. The number of rotatable bonds is 5. The van der Waals surface area contributed by atoms with E-state index in [2.05, 4.69) is 15.8 Å². The summed E-state index contributed by atoms with van der Waals surface area (Å²) in [6.45, 7) is 5.59. The van der Waals surface area contributed by atoms with Crippen LogP contribution in [0.4, 0.5) is 5.69 Å². The molecule has 0 aliphatic carbocycles. The zero-order valence-corrected chi connectivity index (χ0v) is 16.2. The van der Waals surface area contributed by atoms with Gasteiger partial charge in [-0.25, -0.2) is 5.43 Å². The van der Waals surface area contributed by atoms with E-state index in [4.69, 9.17) is 23.2 Å². The molecule has 26 heavy (non-hydrogen) atoms. The fourth-order valence-electron chi connectivity index (χ4n) is 2.23. The van der Waals surface area contributed by atoms with E-state index in [-0.39, 0.29) is 22.9 Å². The summed E-state index contributed by atoms with van der Waals surface area (Å²) in [5, 5.41) is 7.47. The van der Waals surface area contributed by atoms with Gasteiger partial charge in [-0.1, -0.05) is 35.3 Å². The Balaban J connectivity index is 1.96. The molecule has 0 saturated heterocycles. The molecule has 0 unspecified atom stereocenters. The van der Waals surface area contributed by atoms with E-state index in [1.54, 1.807) is 13.0 Å². The maximum Gasteiger partial charge on any atom is 0.272 e. The molecule has 2 aromatic carbocycles. The minimum atomic E-state index is -0.471. The summed E-state index contributed by atoms with van der Waals surface area (Å²) in [5.74, 6) is -0.681. The summed E-state index contributed by atoms with van der Waals surface area (Å²) in [7, 11) is 0. The Kier molecular flexibility index (Phi) is 6.77. The number of aryl methyl sites for hydroxylation is 1. The van der Waals surface area contributed by atoms with E-state index in [1.165, 1.54) is 12.1 Å². The van der Waals surface area contributed by atoms with Crippen molar-refractivity contribution < 1.29 is 9.59 Å². The van der Waals surface area contributed by atoms with Gasteiger partial charge in [-0.15, -0.1) is 0 Å². The van der Waals surface area contributed by atoms with Crippen LogP contribution in [0.15, 0.2) is 41.5 Å². The normalized spacial score (nSPS) is 11.2. The van der Waals surface area contributed by atoms with Crippen LogP contribution >= 0.6 is 23.2 Å². The number of halogens is 2. The molecule has 2 N–H and O–H groups in total. The van der Waals surface area contributed by atoms with Crippen LogP contribution in [0.25, 0.3) is 0 Å². The van der Waals surface area contributed by atoms with Gasteiger partial charge in [0.05, 0.1) is 17.0 Å². The molecule has 0 heterocycles. The van der Waals surface area contributed by atoms with Crippen LogP contribution in [-0.2, 0) is 4.79 Å². The van der Waals surface area contributed by atoms with Crippen LogP contribution in [0, 0.1) is 13.8 Å². The molecular formula is C19H19Cl2N3O2. The standard InChI is InChI=1S/C19H19Cl2N3O2/c1-11-5-4-6-17(13(11)3)22-18(25)9-12(2)23-24-19(26)15-8-7-14(20)10-16(15)21/h4-8,10H,9H2,1-3H3,(H,22,25)(H,24,26)/b23-12-. The average molecular weight is 392 g/mol. The van der Waals surface area contributed by atoms with Crippen LogP contribution in [0.5, 0.6) is 0 Å². The molecule has 2 aromatic rings. The Morgan fingerprint density at radius 3 is 2.54 bits per heavy atom. The number of carbonyl (C=O) groups is 2. The Hall–Kier alpha value is -2.37. The lowest BCUT2D eigenvalue weighted by molar-refractivity contribution is -0.115. The smallest absolute Gasteiger partial charge is 0.272 e. The Labute approximate surface area is 162 Å². The van der Waals surface area contributed by atoms with Gasteiger partial charge in [0.25, 0.3) is 5.91 Å². The van der Waals surface area contributed by atoms with Crippen molar-refractivity contribution in [1.29, 1.82) is 0 Å². The lowest BCUT2D eigenvalue weighted by atomic mass is 10.1. The van der Waals surface area contributed by atoms with Crippen LogP contribution in [0.1, 0.15) is 34.8 Å². The third-order valence-electron chi connectivity index (χ3n) is 3.82. The first-order valence-corrected chi connectivity index (χ1v) is 8.68. The van der Waals surface area contributed by atoms with Crippen molar-refractivity contribution in [1.82, 2.24) is 5.43 Å². The molecule has 136 valence electrons. The third-order valence-corrected chi connectivity index (χ3v) is 4.37. The van der Waals surface area contributed by atoms with Crippen molar-refractivity contribution in [2.45, 2.75) is 27.2 Å². The highest BCUT2D eigenvalue weighted by atomic mass is 35.5. The first-order valence-electron chi connectivity index (χ1n) is 7.92. The molecule has 0 saturated carbocycles. The second-order valence-electron chi connectivity index (χ2n) is 5.88. The van der Waals surface area contributed by atoms with E-state index in [0.29, 0.717) is 10.7 Å². The fourth-order valence-corrected chi connectivity index (χ4v) is 2.73. The largest absolute Gasteiger partial charge is 0.326 e. The number of anilines is 1. The molecule has 0 fully saturated rings. The number of hydrazone groups is 1. The molecule has 0 radical (unpaired) electrons. The summed E-state index contributed by atoms with van der Waals surface area (Å²) in [4.78, 5) is 24.2. The minimum absolute atomic E-state index is 0.0576. The summed E-state index contributed by atoms with van der Waals surface area (Å²) in [6, 6.07) is 10.3. The zero-order valence-electron chi connectivity index (χ0n) is 14.7. The zero-order chi connectivity index (χ0) is 19.3. The fraction of sp³-hybridized carbons (Fsp3) is 0.211. The average Bonchev–Trinajstić information content (AvgIpc) is 2.57. The highest BCUT2D eigenvalue weighted by molar-refractivity contribution is 6.36. The van der Waals surface area contributed by atoms with Gasteiger partial charge in [0.2, 0.25) is 5.91 Å². The second kappa shape index (κ2) is 8.83. The topological polar surface area (TPSA) is 70.6 Å². The Bertz CT molecular complexity index is 879. The van der Waals surface area contributed by atoms with Gasteiger partial charge < -0.3 is 5.32 Å². The lowest BCUT2D eigenvalue weighted by Crippen LogP contribution is -2.22. The van der Waals surface area contributed by atoms with E-state index in [1.807, 2.05) is 32.0 Å². The van der Waals surface area contributed by atoms with Crippen LogP contribution in [-0.4, -0.2) is 17.5 Å². The minimum Gasteiger partial charge on any atom is -0.326 e. The number of nitrogens with zero attached hydrogens (tertiary/aromatic N) is 1. The monoisotopic (exact) mass is 391 g/mol. The van der Waals surface area contributed by atoms with Gasteiger partial charge in [-0.2, -0.15) is 5.10 Å². The van der Waals surface area contributed by atoms with E-state index in [9.17, 15) is 9.59 Å². The first-order chi connectivity index (χ1) is 12.3. The van der Waals surface area contributed by atoms with Crippen molar-refractivity contribution >= 4 is 46.4 Å². The molecular weight excluding hydrogens is 373 g/mol. The number of carbonyl (C=O) groups excluding carboxylic acids is 2. The molecule has 0 aromatic heterocycles. The van der Waals surface area contributed by atoms with Gasteiger partial charge in [0.1, 0.15) is 0 Å². The number of nitrogens with one attached hydrogen (secondary N) is 2. The number of hydrogen-bond acceptors (Lipinski definition) is 3. The van der Waals surface area contributed by atoms with Gasteiger partial charge in [-0.05, 0) is 56.2 Å². The quantitative estimate of drug-likeness (QED) is 0.570. The third kappa shape index (κ3) is 5.31. The molecule has 0 aliphatic heterocycles. The number of amides is 2. The number of hydrogen-bond donors (Lipinski definition) is 2. The SMILES string of the molecule is C/C(CC(=O)Nc1cccc(C)c1C)=N/NC(=O)c1ccc(Cl)cc1Cl. The van der Waals surface area contributed by atoms with Gasteiger partial charge in [0, 0.05) is 16.4 Å².